The van der Waals surface area contributed by atoms with E-state index in [9.17, 15) is 9.18 Å². The van der Waals surface area contributed by atoms with Crippen LogP contribution in [-0.2, 0) is 11.2 Å². The van der Waals surface area contributed by atoms with Crippen LogP contribution in [0.2, 0.25) is 0 Å². The summed E-state index contributed by atoms with van der Waals surface area (Å²) in [4.78, 5) is 11.4. The summed E-state index contributed by atoms with van der Waals surface area (Å²) in [5, 5.41) is 2.82. The molecule has 0 saturated carbocycles. The first-order chi connectivity index (χ1) is 8.11. The Labute approximate surface area is 101 Å². The molecule has 0 aliphatic carbocycles. The number of nitrogens with two attached hydrogens (primary N) is 1. The minimum atomic E-state index is -0.241. The Kier molecular flexibility index (Phi) is 5.63. The maximum absolute atomic E-state index is 12.6. The minimum Gasteiger partial charge on any atom is -0.356 e. The highest BCUT2D eigenvalue weighted by Gasteiger charge is 2.06. The van der Waals surface area contributed by atoms with Crippen molar-refractivity contribution in [3.05, 3.63) is 35.6 Å². The fourth-order valence-electron chi connectivity index (χ4n) is 1.47. The minimum absolute atomic E-state index is 0.0186. The molecule has 0 spiro atoms. The number of rotatable bonds is 6. The Morgan fingerprint density at radius 2 is 2.06 bits per heavy atom. The van der Waals surface area contributed by atoms with Gasteiger partial charge in [0.1, 0.15) is 5.82 Å². The molecule has 0 radical (unpaired) electrons. The fourth-order valence-corrected chi connectivity index (χ4v) is 1.47. The molecule has 1 atom stereocenters. The molecule has 17 heavy (non-hydrogen) atoms. The molecule has 0 aliphatic rings. The molecular weight excluding hydrogens is 219 g/mol. The van der Waals surface area contributed by atoms with Gasteiger partial charge in [-0.1, -0.05) is 19.1 Å². The summed E-state index contributed by atoms with van der Waals surface area (Å²) in [6.45, 7) is 3.03. The van der Waals surface area contributed by atoms with Crippen molar-refractivity contribution in [2.24, 2.45) is 11.7 Å². The Morgan fingerprint density at radius 1 is 1.41 bits per heavy atom. The van der Waals surface area contributed by atoms with Crippen LogP contribution in [0.15, 0.2) is 24.3 Å². The molecular formula is C13H19FN2O. The van der Waals surface area contributed by atoms with Gasteiger partial charge in [0.2, 0.25) is 5.91 Å². The molecule has 1 unspecified atom stereocenters. The monoisotopic (exact) mass is 238 g/mol. The average Bonchev–Trinajstić information content (AvgIpc) is 2.31. The SMILES string of the molecule is CC(CN)CC(=O)NCCc1ccc(F)cc1. The van der Waals surface area contributed by atoms with Gasteiger partial charge in [-0.2, -0.15) is 0 Å². The Bertz CT molecular complexity index is 351. The lowest BCUT2D eigenvalue weighted by Gasteiger charge is -2.09. The van der Waals surface area contributed by atoms with Crippen molar-refractivity contribution >= 4 is 5.91 Å². The van der Waals surface area contributed by atoms with Gasteiger partial charge in [0.15, 0.2) is 0 Å². The molecule has 1 rings (SSSR count). The largest absolute Gasteiger partial charge is 0.356 e. The van der Waals surface area contributed by atoms with Crippen molar-refractivity contribution in [3.8, 4) is 0 Å². The van der Waals surface area contributed by atoms with Crippen LogP contribution in [0.25, 0.3) is 0 Å². The van der Waals surface area contributed by atoms with Gasteiger partial charge >= 0.3 is 0 Å². The number of benzene rings is 1. The molecule has 0 aromatic heterocycles. The molecule has 4 heteroatoms. The van der Waals surface area contributed by atoms with E-state index in [0.717, 1.165) is 5.56 Å². The zero-order chi connectivity index (χ0) is 12.7. The van der Waals surface area contributed by atoms with Crippen molar-refractivity contribution in [1.29, 1.82) is 0 Å². The topological polar surface area (TPSA) is 55.1 Å². The van der Waals surface area contributed by atoms with E-state index in [1.807, 2.05) is 6.92 Å². The van der Waals surface area contributed by atoms with Crippen LogP contribution in [0, 0.1) is 11.7 Å². The second-order valence-electron chi connectivity index (χ2n) is 4.27. The van der Waals surface area contributed by atoms with Crippen LogP contribution in [-0.4, -0.2) is 19.0 Å². The number of carbonyl (C=O) groups is 1. The van der Waals surface area contributed by atoms with Gasteiger partial charge in [0.05, 0.1) is 0 Å². The van der Waals surface area contributed by atoms with Crippen LogP contribution in [0.1, 0.15) is 18.9 Å². The van der Waals surface area contributed by atoms with Crippen LogP contribution < -0.4 is 11.1 Å². The van der Waals surface area contributed by atoms with Crippen LogP contribution in [0.5, 0.6) is 0 Å². The van der Waals surface area contributed by atoms with Gasteiger partial charge in [0, 0.05) is 13.0 Å². The number of hydrogen-bond acceptors (Lipinski definition) is 2. The van der Waals surface area contributed by atoms with E-state index in [1.54, 1.807) is 12.1 Å². The molecule has 3 N–H and O–H groups in total. The van der Waals surface area contributed by atoms with E-state index in [1.165, 1.54) is 12.1 Å². The van der Waals surface area contributed by atoms with E-state index in [-0.39, 0.29) is 17.6 Å². The van der Waals surface area contributed by atoms with Crippen molar-refractivity contribution in [1.82, 2.24) is 5.32 Å². The standard InChI is InChI=1S/C13H19FN2O/c1-10(9-15)8-13(17)16-7-6-11-2-4-12(14)5-3-11/h2-5,10H,6-9,15H2,1H3,(H,16,17). The third-order valence-corrected chi connectivity index (χ3v) is 2.59. The van der Waals surface area contributed by atoms with Gasteiger partial charge in [-0.3, -0.25) is 4.79 Å². The van der Waals surface area contributed by atoms with Crippen molar-refractivity contribution in [2.45, 2.75) is 19.8 Å². The van der Waals surface area contributed by atoms with Gasteiger partial charge in [-0.15, -0.1) is 0 Å². The number of carbonyl (C=O) groups excluding carboxylic acids is 1. The van der Waals surface area contributed by atoms with E-state index in [2.05, 4.69) is 5.32 Å². The molecule has 0 fully saturated rings. The first kappa shape index (κ1) is 13.6. The molecule has 3 nitrogen and oxygen atoms in total. The van der Waals surface area contributed by atoms with Gasteiger partial charge in [-0.05, 0) is 36.6 Å². The zero-order valence-electron chi connectivity index (χ0n) is 10.1. The van der Waals surface area contributed by atoms with E-state index in [4.69, 9.17) is 5.73 Å². The number of hydrogen-bond donors (Lipinski definition) is 2. The predicted octanol–water partition coefficient (Wildman–Crippen LogP) is 1.47. The summed E-state index contributed by atoms with van der Waals surface area (Å²) in [7, 11) is 0. The smallest absolute Gasteiger partial charge is 0.220 e. The molecule has 1 aromatic carbocycles. The summed E-state index contributed by atoms with van der Waals surface area (Å²) in [6, 6.07) is 6.30. The van der Waals surface area contributed by atoms with Gasteiger partial charge < -0.3 is 11.1 Å². The summed E-state index contributed by atoms with van der Waals surface area (Å²) in [5.74, 6) is -0.0135. The second kappa shape index (κ2) is 7.01. The lowest BCUT2D eigenvalue weighted by Crippen LogP contribution is -2.28. The first-order valence-electron chi connectivity index (χ1n) is 5.83. The molecule has 0 bridgehead atoms. The summed E-state index contributed by atoms with van der Waals surface area (Å²) in [6.07, 6.45) is 1.17. The second-order valence-corrected chi connectivity index (χ2v) is 4.27. The van der Waals surface area contributed by atoms with Crippen molar-refractivity contribution < 1.29 is 9.18 Å². The lowest BCUT2D eigenvalue weighted by atomic mass is 10.1. The van der Waals surface area contributed by atoms with Crippen molar-refractivity contribution in [2.75, 3.05) is 13.1 Å². The van der Waals surface area contributed by atoms with E-state index >= 15 is 0 Å². The molecule has 0 saturated heterocycles. The zero-order valence-corrected chi connectivity index (χ0v) is 10.1. The van der Waals surface area contributed by atoms with Gasteiger partial charge in [-0.25, -0.2) is 4.39 Å². The Morgan fingerprint density at radius 3 is 2.65 bits per heavy atom. The average molecular weight is 238 g/mol. The molecule has 94 valence electrons. The number of nitrogens with one attached hydrogen (secondary N) is 1. The molecule has 1 amide bonds. The van der Waals surface area contributed by atoms with Crippen molar-refractivity contribution in [3.63, 3.8) is 0 Å². The lowest BCUT2D eigenvalue weighted by molar-refractivity contribution is -0.121. The summed E-state index contributed by atoms with van der Waals surface area (Å²) < 4.78 is 12.6. The number of amides is 1. The molecule has 1 aromatic rings. The van der Waals surface area contributed by atoms with E-state index in [0.29, 0.717) is 25.9 Å². The quantitative estimate of drug-likeness (QED) is 0.788. The van der Waals surface area contributed by atoms with Crippen LogP contribution >= 0.6 is 0 Å². The Hall–Kier alpha value is -1.42. The van der Waals surface area contributed by atoms with E-state index < -0.39 is 0 Å². The normalized spacial score (nSPS) is 12.2. The van der Waals surface area contributed by atoms with Crippen LogP contribution in [0.3, 0.4) is 0 Å². The predicted molar refractivity (Wildman–Crippen MR) is 65.9 cm³/mol. The highest BCUT2D eigenvalue weighted by molar-refractivity contribution is 5.76. The summed E-state index contributed by atoms with van der Waals surface area (Å²) >= 11 is 0. The highest BCUT2D eigenvalue weighted by atomic mass is 19.1. The third-order valence-electron chi connectivity index (χ3n) is 2.59. The highest BCUT2D eigenvalue weighted by Crippen LogP contribution is 2.03. The fraction of sp³-hybridized carbons (Fsp3) is 0.462. The first-order valence-corrected chi connectivity index (χ1v) is 5.83. The van der Waals surface area contributed by atoms with Crippen LogP contribution in [0.4, 0.5) is 4.39 Å². The molecule has 0 aliphatic heterocycles. The molecule has 0 heterocycles. The third kappa shape index (κ3) is 5.45. The maximum atomic E-state index is 12.6. The van der Waals surface area contributed by atoms with Gasteiger partial charge in [0.25, 0.3) is 0 Å². The summed E-state index contributed by atoms with van der Waals surface area (Å²) in [5.41, 5.74) is 6.45. The Balaban J connectivity index is 2.23. The number of halogens is 1. The maximum Gasteiger partial charge on any atom is 0.220 e.